The SMILES string of the molecule is CC1=C(C/C=C2/C(=O)OC[C@H]2O)[C@]2(C)CC[C@@H](OS(=O)(=O)O)[C@@](C)(CO)[C@H]2CC1.N. The molecule has 2 fully saturated rings. The summed E-state index contributed by atoms with van der Waals surface area (Å²) in [6, 6.07) is 0. The van der Waals surface area contributed by atoms with Crippen LogP contribution in [-0.2, 0) is 24.1 Å². The van der Waals surface area contributed by atoms with Crippen LogP contribution in [0, 0.1) is 16.7 Å². The molecule has 9 nitrogen and oxygen atoms in total. The minimum Gasteiger partial charge on any atom is -0.459 e. The molecule has 3 aliphatic rings. The number of cyclic esters (lactones) is 1. The van der Waals surface area contributed by atoms with E-state index in [1.165, 1.54) is 5.57 Å². The summed E-state index contributed by atoms with van der Waals surface area (Å²) in [7, 11) is -4.63. The van der Waals surface area contributed by atoms with Crippen LogP contribution in [0.1, 0.15) is 52.9 Å². The van der Waals surface area contributed by atoms with Gasteiger partial charge in [0.1, 0.15) is 12.7 Å². The highest BCUT2D eigenvalue weighted by molar-refractivity contribution is 7.80. The number of hydrogen-bond donors (Lipinski definition) is 4. The molecule has 0 aromatic rings. The van der Waals surface area contributed by atoms with Gasteiger partial charge in [-0.05, 0) is 50.4 Å². The van der Waals surface area contributed by atoms with Crippen molar-refractivity contribution in [3.05, 3.63) is 22.8 Å². The molecule has 10 heteroatoms. The Bertz CT molecular complexity index is 851. The average molecular weight is 448 g/mol. The third-order valence-corrected chi connectivity index (χ3v) is 7.79. The number of rotatable bonds is 5. The van der Waals surface area contributed by atoms with Crippen molar-refractivity contribution in [3.8, 4) is 0 Å². The van der Waals surface area contributed by atoms with Gasteiger partial charge in [-0.1, -0.05) is 31.1 Å². The predicted molar refractivity (Wildman–Crippen MR) is 109 cm³/mol. The van der Waals surface area contributed by atoms with E-state index in [0.717, 1.165) is 18.4 Å². The van der Waals surface area contributed by atoms with E-state index in [2.05, 4.69) is 13.8 Å². The molecular weight excluding hydrogens is 414 g/mol. The molecule has 0 aromatic heterocycles. The number of esters is 1. The second-order valence-corrected chi connectivity index (χ2v) is 10.0. The van der Waals surface area contributed by atoms with Crippen molar-refractivity contribution < 1.29 is 36.9 Å². The van der Waals surface area contributed by atoms with Gasteiger partial charge in [-0.3, -0.25) is 4.55 Å². The first-order valence-electron chi connectivity index (χ1n) is 9.93. The number of aliphatic hydroxyl groups is 2. The minimum atomic E-state index is -4.63. The molecule has 0 unspecified atom stereocenters. The Morgan fingerprint density at radius 1 is 1.30 bits per heavy atom. The molecule has 172 valence electrons. The number of carbonyl (C=O) groups excluding carboxylic acids is 1. The normalized spacial score (nSPS) is 38.3. The van der Waals surface area contributed by atoms with Crippen LogP contribution in [-0.4, -0.2) is 54.6 Å². The van der Waals surface area contributed by atoms with E-state index in [4.69, 9.17) is 8.92 Å². The quantitative estimate of drug-likeness (QED) is 0.214. The van der Waals surface area contributed by atoms with Crippen LogP contribution in [0.3, 0.4) is 0 Å². The zero-order valence-corrected chi connectivity index (χ0v) is 18.6. The third-order valence-electron chi connectivity index (χ3n) is 7.31. The van der Waals surface area contributed by atoms with Crippen LogP contribution in [0.4, 0.5) is 0 Å². The van der Waals surface area contributed by atoms with E-state index >= 15 is 0 Å². The maximum atomic E-state index is 11.8. The fraction of sp³-hybridized carbons (Fsp3) is 0.750. The highest BCUT2D eigenvalue weighted by Gasteiger charge is 2.57. The smallest absolute Gasteiger partial charge is 0.397 e. The van der Waals surface area contributed by atoms with Gasteiger partial charge in [-0.2, -0.15) is 8.42 Å². The molecule has 1 heterocycles. The highest BCUT2D eigenvalue weighted by atomic mass is 32.3. The molecule has 2 aliphatic carbocycles. The second kappa shape index (κ2) is 8.68. The first-order chi connectivity index (χ1) is 13.4. The number of fused-ring (bicyclic) bond motifs is 1. The first kappa shape index (κ1) is 25.0. The van der Waals surface area contributed by atoms with Gasteiger partial charge in [0.2, 0.25) is 0 Å². The average Bonchev–Trinajstić information content (AvgIpc) is 2.94. The molecule has 1 aliphatic heterocycles. The lowest BCUT2D eigenvalue weighted by Crippen LogP contribution is -2.56. The van der Waals surface area contributed by atoms with Crippen molar-refractivity contribution in [2.45, 2.75) is 65.1 Å². The summed E-state index contributed by atoms with van der Waals surface area (Å²) in [6.07, 6.45) is 2.99. The number of aliphatic hydroxyl groups excluding tert-OH is 2. The Labute approximate surface area is 177 Å². The first-order valence-corrected chi connectivity index (χ1v) is 11.3. The summed E-state index contributed by atoms with van der Waals surface area (Å²) in [5, 5.41) is 20.2. The van der Waals surface area contributed by atoms with Gasteiger partial charge in [0.15, 0.2) is 0 Å². The summed E-state index contributed by atoms with van der Waals surface area (Å²) in [5.41, 5.74) is 1.43. The molecule has 0 aromatic carbocycles. The van der Waals surface area contributed by atoms with Gasteiger partial charge in [0.05, 0.1) is 18.3 Å². The standard InChI is InChI=1S/C20H30O8S.H3N/c1-12-4-7-16-19(2,14(12)6-5-13-15(22)10-27-18(13)23)9-8-17(20(16,3)11-21)28-29(24,25)26;/h5,15-17,21-22H,4,6-11H2,1-3H3,(H,24,25,26);1H3/b13-5+;/t15-,16+,17-,19+,20+;/m1./s1. The van der Waals surface area contributed by atoms with E-state index in [1.807, 2.05) is 0 Å². The van der Waals surface area contributed by atoms with Crippen molar-refractivity contribution >= 4 is 16.4 Å². The van der Waals surface area contributed by atoms with Gasteiger partial charge in [-0.15, -0.1) is 0 Å². The minimum absolute atomic E-state index is 0. The highest BCUT2D eigenvalue weighted by Crippen LogP contribution is 2.61. The largest absolute Gasteiger partial charge is 0.459 e. The van der Waals surface area contributed by atoms with Gasteiger partial charge in [-0.25, -0.2) is 8.98 Å². The van der Waals surface area contributed by atoms with E-state index in [-0.39, 0.29) is 36.3 Å². The van der Waals surface area contributed by atoms with Crippen LogP contribution in [0.15, 0.2) is 22.8 Å². The Balaban J connectivity index is 0.00000320. The van der Waals surface area contributed by atoms with E-state index < -0.39 is 34.0 Å². The van der Waals surface area contributed by atoms with E-state index in [9.17, 15) is 28.0 Å². The predicted octanol–water partition coefficient (Wildman–Crippen LogP) is 2.10. The lowest BCUT2D eigenvalue weighted by molar-refractivity contribution is -0.135. The van der Waals surface area contributed by atoms with Crippen molar-refractivity contribution in [2.24, 2.45) is 16.7 Å². The zero-order valence-electron chi connectivity index (χ0n) is 17.8. The van der Waals surface area contributed by atoms with Crippen molar-refractivity contribution in [1.29, 1.82) is 0 Å². The van der Waals surface area contributed by atoms with Crippen LogP contribution in [0.2, 0.25) is 0 Å². The fourth-order valence-electron chi connectivity index (χ4n) is 5.72. The second-order valence-electron chi connectivity index (χ2n) is 8.96. The Hall–Kier alpha value is -1.30. The summed E-state index contributed by atoms with van der Waals surface area (Å²) in [4.78, 5) is 11.8. The molecular formula is C20H33NO8S. The van der Waals surface area contributed by atoms with Gasteiger partial charge in [0.25, 0.3) is 0 Å². The molecule has 0 spiro atoms. The summed E-state index contributed by atoms with van der Waals surface area (Å²) < 4.78 is 41.7. The lowest BCUT2D eigenvalue weighted by atomic mass is 9.48. The molecule has 3 rings (SSSR count). The number of carbonyl (C=O) groups is 1. The Morgan fingerprint density at radius 3 is 2.50 bits per heavy atom. The van der Waals surface area contributed by atoms with Gasteiger partial charge < -0.3 is 21.1 Å². The number of allylic oxidation sites excluding steroid dienone is 3. The van der Waals surface area contributed by atoms with Gasteiger partial charge >= 0.3 is 16.4 Å². The molecule has 1 saturated carbocycles. The fourth-order valence-corrected chi connectivity index (χ4v) is 6.32. The van der Waals surface area contributed by atoms with Crippen molar-refractivity contribution in [2.75, 3.05) is 13.2 Å². The van der Waals surface area contributed by atoms with Crippen molar-refractivity contribution in [3.63, 3.8) is 0 Å². The molecule has 6 N–H and O–H groups in total. The van der Waals surface area contributed by atoms with Crippen LogP contribution in [0.5, 0.6) is 0 Å². The molecule has 0 bridgehead atoms. The molecule has 1 saturated heterocycles. The summed E-state index contributed by atoms with van der Waals surface area (Å²) in [5.74, 6) is -0.572. The van der Waals surface area contributed by atoms with Gasteiger partial charge in [0, 0.05) is 5.41 Å². The monoisotopic (exact) mass is 447 g/mol. The topological polar surface area (TPSA) is 165 Å². The molecule has 30 heavy (non-hydrogen) atoms. The molecule has 0 radical (unpaired) electrons. The maximum absolute atomic E-state index is 11.8. The zero-order chi connectivity index (χ0) is 21.6. The number of hydrogen-bond acceptors (Lipinski definition) is 8. The van der Waals surface area contributed by atoms with Crippen LogP contribution < -0.4 is 6.15 Å². The maximum Gasteiger partial charge on any atom is 0.397 e. The van der Waals surface area contributed by atoms with E-state index in [1.54, 1.807) is 13.0 Å². The molecule has 5 atom stereocenters. The molecule has 0 amide bonds. The van der Waals surface area contributed by atoms with Crippen LogP contribution >= 0.6 is 0 Å². The number of ether oxygens (including phenoxy) is 1. The summed E-state index contributed by atoms with van der Waals surface area (Å²) >= 11 is 0. The van der Waals surface area contributed by atoms with Crippen LogP contribution in [0.25, 0.3) is 0 Å². The Kier molecular flexibility index (Phi) is 7.22. The van der Waals surface area contributed by atoms with Crippen molar-refractivity contribution in [1.82, 2.24) is 6.15 Å². The Morgan fingerprint density at radius 2 is 1.97 bits per heavy atom. The summed E-state index contributed by atoms with van der Waals surface area (Å²) in [6.45, 7) is 5.66. The third kappa shape index (κ3) is 4.35. The lowest BCUT2D eigenvalue weighted by Gasteiger charge is -2.57. The van der Waals surface area contributed by atoms with E-state index in [0.29, 0.717) is 19.3 Å².